The molecule has 0 radical (unpaired) electrons. The topological polar surface area (TPSA) is 27.7 Å². The molecule has 0 N–H and O–H groups in total. The molecule has 1 unspecified atom stereocenters. The number of alkyl halides is 1. The molecule has 1 heterocycles. The molecule has 0 aliphatic carbocycles. The Labute approximate surface area is 97.3 Å². The largest absolute Gasteiger partial charge is 0.376 e. The number of hydrogen-bond acceptors (Lipinski definition) is 3. The number of hydrogen-bond donors (Lipinski definition) is 0. The lowest BCUT2D eigenvalue weighted by Crippen LogP contribution is -2.37. The number of halogens is 1. The molecule has 0 spiro atoms. The van der Waals surface area contributed by atoms with E-state index in [2.05, 4.69) is 0 Å². The normalized spacial score (nSPS) is 35.2. The highest BCUT2D eigenvalue weighted by molar-refractivity contribution is 4.90. The Kier molecular flexibility index (Phi) is 5.15. The van der Waals surface area contributed by atoms with Crippen LogP contribution in [0.2, 0.25) is 0 Å². The van der Waals surface area contributed by atoms with Crippen molar-refractivity contribution in [3.63, 3.8) is 0 Å². The van der Waals surface area contributed by atoms with Crippen LogP contribution in [0.15, 0.2) is 0 Å². The highest BCUT2D eigenvalue weighted by atomic mass is 19.1. The van der Waals surface area contributed by atoms with E-state index < -0.39 is 18.4 Å². The second-order valence-corrected chi connectivity index (χ2v) is 4.86. The molecule has 4 atom stereocenters. The fourth-order valence-electron chi connectivity index (χ4n) is 1.80. The predicted molar refractivity (Wildman–Crippen MR) is 60.3 cm³/mol. The molecule has 96 valence electrons. The highest BCUT2D eigenvalue weighted by Gasteiger charge is 2.44. The van der Waals surface area contributed by atoms with E-state index >= 15 is 0 Å². The van der Waals surface area contributed by atoms with Crippen LogP contribution in [0.1, 0.15) is 34.6 Å². The maximum atomic E-state index is 13.8. The van der Waals surface area contributed by atoms with Crippen molar-refractivity contribution in [2.75, 3.05) is 6.61 Å². The van der Waals surface area contributed by atoms with E-state index in [1.54, 1.807) is 6.92 Å². The van der Waals surface area contributed by atoms with Gasteiger partial charge in [-0.05, 0) is 34.6 Å². The molecule has 0 aromatic carbocycles. The van der Waals surface area contributed by atoms with E-state index in [4.69, 9.17) is 14.2 Å². The van der Waals surface area contributed by atoms with Gasteiger partial charge in [0.1, 0.15) is 12.2 Å². The average molecular weight is 234 g/mol. The lowest BCUT2D eigenvalue weighted by atomic mass is 10.1. The smallest absolute Gasteiger partial charge is 0.155 e. The Morgan fingerprint density at radius 1 is 1.19 bits per heavy atom. The van der Waals surface area contributed by atoms with Crippen molar-refractivity contribution >= 4 is 0 Å². The van der Waals surface area contributed by atoms with Gasteiger partial charge in [-0.1, -0.05) is 0 Å². The zero-order chi connectivity index (χ0) is 12.3. The fraction of sp³-hybridized carbons (Fsp3) is 1.00. The van der Waals surface area contributed by atoms with Gasteiger partial charge in [0.2, 0.25) is 0 Å². The molecular formula is C12H23FO3. The van der Waals surface area contributed by atoms with E-state index in [0.29, 0.717) is 6.61 Å². The molecule has 0 aromatic heterocycles. The van der Waals surface area contributed by atoms with Gasteiger partial charge < -0.3 is 14.2 Å². The van der Waals surface area contributed by atoms with Crippen molar-refractivity contribution in [1.82, 2.24) is 0 Å². The van der Waals surface area contributed by atoms with E-state index in [-0.39, 0.29) is 18.3 Å². The molecule has 4 heteroatoms. The van der Waals surface area contributed by atoms with Crippen LogP contribution in [0.25, 0.3) is 0 Å². The second-order valence-electron chi connectivity index (χ2n) is 4.86. The first kappa shape index (κ1) is 13.9. The van der Waals surface area contributed by atoms with Crippen molar-refractivity contribution in [3.05, 3.63) is 0 Å². The minimum absolute atomic E-state index is 0.00120. The maximum Gasteiger partial charge on any atom is 0.155 e. The average Bonchev–Trinajstić information content (AvgIpc) is 2.42. The van der Waals surface area contributed by atoms with Gasteiger partial charge in [-0.2, -0.15) is 0 Å². The first-order chi connectivity index (χ1) is 7.41. The molecule has 1 aliphatic rings. The van der Waals surface area contributed by atoms with Gasteiger partial charge >= 0.3 is 0 Å². The summed E-state index contributed by atoms with van der Waals surface area (Å²) in [6.45, 7) is 9.82. The summed E-state index contributed by atoms with van der Waals surface area (Å²) in [5.41, 5.74) is 0. The number of rotatable bonds is 5. The second kappa shape index (κ2) is 5.94. The van der Waals surface area contributed by atoms with E-state index in [9.17, 15) is 4.39 Å². The Hall–Kier alpha value is -0.190. The minimum Gasteiger partial charge on any atom is -0.376 e. The lowest BCUT2D eigenvalue weighted by Gasteiger charge is -2.22. The van der Waals surface area contributed by atoms with Crippen LogP contribution >= 0.6 is 0 Å². The van der Waals surface area contributed by atoms with E-state index in [1.165, 1.54) is 0 Å². The van der Waals surface area contributed by atoms with Gasteiger partial charge in [-0.15, -0.1) is 0 Å². The third kappa shape index (κ3) is 3.68. The van der Waals surface area contributed by atoms with Crippen molar-refractivity contribution in [3.8, 4) is 0 Å². The van der Waals surface area contributed by atoms with Gasteiger partial charge in [-0.3, -0.25) is 0 Å². The minimum atomic E-state index is -1.07. The summed E-state index contributed by atoms with van der Waals surface area (Å²) in [5.74, 6) is 0. The summed E-state index contributed by atoms with van der Waals surface area (Å²) >= 11 is 0. The van der Waals surface area contributed by atoms with Crippen LogP contribution in [0.3, 0.4) is 0 Å². The molecular weight excluding hydrogens is 211 g/mol. The van der Waals surface area contributed by atoms with Crippen LogP contribution in [0, 0.1) is 0 Å². The zero-order valence-corrected chi connectivity index (χ0v) is 10.8. The molecule has 3 nitrogen and oxygen atoms in total. The van der Waals surface area contributed by atoms with Crippen LogP contribution < -0.4 is 0 Å². The van der Waals surface area contributed by atoms with Gasteiger partial charge in [0, 0.05) is 0 Å². The molecule has 0 bridgehead atoms. The summed E-state index contributed by atoms with van der Waals surface area (Å²) in [4.78, 5) is 0. The van der Waals surface area contributed by atoms with Crippen LogP contribution in [0.4, 0.5) is 4.39 Å². The quantitative estimate of drug-likeness (QED) is 0.730. The predicted octanol–water partition coefficient (Wildman–Crippen LogP) is 2.33. The van der Waals surface area contributed by atoms with Gasteiger partial charge in [-0.25, -0.2) is 4.39 Å². The standard InChI is InChI=1S/C12H23FO3/c1-7(2)14-6-10-12(15-8(3)4)11(13)9(5)16-10/h7-12H,6H2,1-5H3/t9-,10+,11+,12?/m0/s1. The van der Waals surface area contributed by atoms with Crippen LogP contribution in [0.5, 0.6) is 0 Å². The summed E-state index contributed by atoms with van der Waals surface area (Å²) in [7, 11) is 0. The Morgan fingerprint density at radius 2 is 1.81 bits per heavy atom. The first-order valence-corrected chi connectivity index (χ1v) is 5.98. The van der Waals surface area contributed by atoms with Crippen LogP contribution in [-0.4, -0.2) is 43.3 Å². The third-order valence-electron chi connectivity index (χ3n) is 2.54. The summed E-state index contributed by atoms with van der Waals surface area (Å²) in [5, 5.41) is 0. The van der Waals surface area contributed by atoms with Crippen LogP contribution in [-0.2, 0) is 14.2 Å². The molecule has 1 rings (SSSR count). The van der Waals surface area contributed by atoms with Crippen molar-refractivity contribution in [1.29, 1.82) is 0 Å². The van der Waals surface area contributed by atoms with E-state index in [1.807, 2.05) is 27.7 Å². The molecule has 0 saturated carbocycles. The number of ether oxygens (including phenoxy) is 3. The first-order valence-electron chi connectivity index (χ1n) is 5.98. The van der Waals surface area contributed by atoms with Gasteiger partial charge in [0.25, 0.3) is 0 Å². The van der Waals surface area contributed by atoms with Gasteiger partial charge in [0.15, 0.2) is 6.17 Å². The highest BCUT2D eigenvalue weighted by Crippen LogP contribution is 2.27. The van der Waals surface area contributed by atoms with Crippen molar-refractivity contribution < 1.29 is 18.6 Å². The SMILES string of the molecule is CC(C)OC[C@H]1O[C@@H](C)[C@@H](F)C1OC(C)C. The Morgan fingerprint density at radius 3 is 2.31 bits per heavy atom. The summed E-state index contributed by atoms with van der Waals surface area (Å²) in [6.07, 6.45) is -2.16. The van der Waals surface area contributed by atoms with Crippen molar-refractivity contribution in [2.24, 2.45) is 0 Å². The molecule has 1 aliphatic heterocycles. The lowest BCUT2D eigenvalue weighted by molar-refractivity contribution is -0.0892. The summed E-state index contributed by atoms with van der Waals surface area (Å²) in [6, 6.07) is 0. The molecule has 0 amide bonds. The third-order valence-corrected chi connectivity index (χ3v) is 2.54. The molecule has 1 fully saturated rings. The maximum absolute atomic E-state index is 13.8. The monoisotopic (exact) mass is 234 g/mol. The molecule has 0 aromatic rings. The Balaban J connectivity index is 2.52. The molecule has 1 saturated heterocycles. The Bertz CT molecular complexity index is 208. The van der Waals surface area contributed by atoms with E-state index in [0.717, 1.165) is 0 Å². The summed E-state index contributed by atoms with van der Waals surface area (Å²) < 4.78 is 30.3. The fourth-order valence-corrected chi connectivity index (χ4v) is 1.80. The van der Waals surface area contributed by atoms with Gasteiger partial charge in [0.05, 0.1) is 24.9 Å². The zero-order valence-electron chi connectivity index (χ0n) is 10.8. The van der Waals surface area contributed by atoms with Crippen molar-refractivity contribution in [2.45, 2.75) is 71.3 Å². The molecule has 16 heavy (non-hydrogen) atoms.